The maximum atomic E-state index is 12.7. The minimum atomic E-state index is -0.342. The number of hydrogen-bond donors (Lipinski definition) is 0. The van der Waals surface area contributed by atoms with Crippen molar-refractivity contribution in [3.8, 4) is 0 Å². The highest BCUT2D eigenvalue weighted by atomic mass is 16.2. The van der Waals surface area contributed by atoms with Gasteiger partial charge in [-0.3, -0.25) is 14.7 Å². The number of carbonyl (C=O) groups excluding carboxylic acids is 1. The van der Waals surface area contributed by atoms with E-state index in [1.54, 1.807) is 0 Å². The SMILES string of the molecule is O=C1C(c2ccccc2)N=C2CCC(c3ccccc3)CN12. The molecule has 1 fully saturated rings. The molecule has 22 heavy (non-hydrogen) atoms. The van der Waals surface area contributed by atoms with E-state index >= 15 is 0 Å². The number of piperidine rings is 1. The van der Waals surface area contributed by atoms with Crippen LogP contribution in [0.2, 0.25) is 0 Å². The van der Waals surface area contributed by atoms with Crippen LogP contribution < -0.4 is 0 Å². The van der Waals surface area contributed by atoms with Crippen LogP contribution in [-0.4, -0.2) is 23.2 Å². The van der Waals surface area contributed by atoms with Gasteiger partial charge in [-0.15, -0.1) is 0 Å². The molecule has 2 aromatic carbocycles. The summed E-state index contributed by atoms with van der Waals surface area (Å²) in [5.41, 5.74) is 2.31. The number of aliphatic imine (C=N–C) groups is 1. The zero-order valence-corrected chi connectivity index (χ0v) is 12.4. The fraction of sp³-hybridized carbons (Fsp3) is 0.263. The van der Waals surface area contributed by atoms with E-state index in [4.69, 9.17) is 0 Å². The van der Waals surface area contributed by atoms with Gasteiger partial charge in [-0.1, -0.05) is 60.7 Å². The van der Waals surface area contributed by atoms with Crippen molar-refractivity contribution >= 4 is 11.7 Å². The predicted molar refractivity (Wildman–Crippen MR) is 86.7 cm³/mol. The fourth-order valence-electron chi connectivity index (χ4n) is 3.41. The number of carbonyl (C=O) groups is 1. The van der Waals surface area contributed by atoms with Crippen LogP contribution in [-0.2, 0) is 4.79 Å². The van der Waals surface area contributed by atoms with E-state index in [-0.39, 0.29) is 11.9 Å². The van der Waals surface area contributed by atoms with Gasteiger partial charge in [-0.25, -0.2) is 0 Å². The van der Waals surface area contributed by atoms with Crippen molar-refractivity contribution in [3.63, 3.8) is 0 Å². The molecule has 2 unspecified atom stereocenters. The van der Waals surface area contributed by atoms with Crippen LogP contribution in [0.25, 0.3) is 0 Å². The Morgan fingerprint density at radius 2 is 1.55 bits per heavy atom. The van der Waals surface area contributed by atoms with Crippen molar-refractivity contribution in [3.05, 3.63) is 71.8 Å². The molecule has 2 atom stereocenters. The van der Waals surface area contributed by atoms with Crippen LogP contribution in [0, 0.1) is 0 Å². The summed E-state index contributed by atoms with van der Waals surface area (Å²) >= 11 is 0. The first-order chi connectivity index (χ1) is 10.8. The van der Waals surface area contributed by atoms with E-state index in [1.165, 1.54) is 5.56 Å². The van der Waals surface area contributed by atoms with Crippen LogP contribution in [0.1, 0.15) is 35.9 Å². The van der Waals surface area contributed by atoms with Gasteiger partial charge in [0.1, 0.15) is 5.84 Å². The van der Waals surface area contributed by atoms with Crippen molar-refractivity contribution < 1.29 is 4.79 Å². The van der Waals surface area contributed by atoms with E-state index in [0.717, 1.165) is 30.8 Å². The summed E-state index contributed by atoms with van der Waals surface area (Å²) < 4.78 is 0. The lowest BCUT2D eigenvalue weighted by atomic mass is 9.90. The fourth-order valence-corrected chi connectivity index (χ4v) is 3.41. The molecule has 3 heteroatoms. The van der Waals surface area contributed by atoms with Gasteiger partial charge in [0.25, 0.3) is 5.91 Å². The summed E-state index contributed by atoms with van der Waals surface area (Å²) in [7, 11) is 0. The Balaban J connectivity index is 1.58. The van der Waals surface area contributed by atoms with E-state index in [9.17, 15) is 4.79 Å². The molecule has 1 amide bonds. The van der Waals surface area contributed by atoms with Crippen LogP contribution in [0.3, 0.4) is 0 Å². The zero-order valence-electron chi connectivity index (χ0n) is 12.4. The first-order valence-electron chi connectivity index (χ1n) is 7.81. The average Bonchev–Trinajstić information content (AvgIpc) is 2.93. The minimum absolute atomic E-state index is 0.127. The molecular weight excluding hydrogens is 272 g/mol. The highest BCUT2D eigenvalue weighted by Crippen LogP contribution is 2.35. The molecule has 2 aliphatic rings. The second kappa shape index (κ2) is 5.41. The summed E-state index contributed by atoms with van der Waals surface area (Å²) in [5.74, 6) is 1.51. The molecule has 110 valence electrons. The summed E-state index contributed by atoms with van der Waals surface area (Å²) in [4.78, 5) is 19.3. The maximum Gasteiger partial charge on any atom is 0.257 e. The van der Waals surface area contributed by atoms with E-state index in [1.807, 2.05) is 41.3 Å². The number of hydrogen-bond acceptors (Lipinski definition) is 2. The molecule has 2 aromatic rings. The largest absolute Gasteiger partial charge is 0.298 e. The molecule has 0 aliphatic carbocycles. The topological polar surface area (TPSA) is 32.7 Å². The summed E-state index contributed by atoms with van der Waals surface area (Å²) in [5, 5.41) is 0. The smallest absolute Gasteiger partial charge is 0.257 e. The summed E-state index contributed by atoms with van der Waals surface area (Å²) in [6.07, 6.45) is 1.95. The number of amidine groups is 1. The second-order valence-electron chi connectivity index (χ2n) is 5.95. The second-order valence-corrected chi connectivity index (χ2v) is 5.95. The van der Waals surface area contributed by atoms with Crippen molar-refractivity contribution in [1.82, 2.24) is 4.90 Å². The van der Waals surface area contributed by atoms with Gasteiger partial charge in [-0.2, -0.15) is 0 Å². The first-order valence-corrected chi connectivity index (χ1v) is 7.81. The Labute approximate surface area is 130 Å². The molecule has 0 N–H and O–H groups in total. The number of nitrogens with zero attached hydrogens (tertiary/aromatic N) is 2. The van der Waals surface area contributed by atoms with Crippen LogP contribution >= 0.6 is 0 Å². The Morgan fingerprint density at radius 3 is 2.23 bits per heavy atom. The number of amides is 1. The molecule has 2 aliphatic heterocycles. The van der Waals surface area contributed by atoms with Crippen molar-refractivity contribution in [1.29, 1.82) is 0 Å². The monoisotopic (exact) mass is 290 g/mol. The van der Waals surface area contributed by atoms with Gasteiger partial charge in [0.15, 0.2) is 6.04 Å². The Hall–Kier alpha value is -2.42. The van der Waals surface area contributed by atoms with Gasteiger partial charge in [0.05, 0.1) is 0 Å². The van der Waals surface area contributed by atoms with Crippen molar-refractivity contribution in [2.24, 2.45) is 4.99 Å². The lowest BCUT2D eigenvalue weighted by Crippen LogP contribution is -2.40. The molecule has 0 aromatic heterocycles. The molecule has 0 bridgehead atoms. The van der Waals surface area contributed by atoms with Crippen LogP contribution in [0.5, 0.6) is 0 Å². The molecule has 0 spiro atoms. The molecule has 2 heterocycles. The Kier molecular flexibility index (Phi) is 3.26. The third-order valence-corrected chi connectivity index (χ3v) is 4.60. The van der Waals surface area contributed by atoms with E-state index in [2.05, 4.69) is 29.3 Å². The first kappa shape index (κ1) is 13.3. The zero-order chi connectivity index (χ0) is 14.9. The van der Waals surface area contributed by atoms with Crippen LogP contribution in [0.15, 0.2) is 65.7 Å². The van der Waals surface area contributed by atoms with Crippen LogP contribution in [0.4, 0.5) is 0 Å². The summed E-state index contributed by atoms with van der Waals surface area (Å²) in [6.45, 7) is 0.755. The van der Waals surface area contributed by atoms with E-state index < -0.39 is 0 Å². The maximum absolute atomic E-state index is 12.7. The number of rotatable bonds is 2. The van der Waals surface area contributed by atoms with Crippen molar-refractivity contribution in [2.45, 2.75) is 24.8 Å². The lowest BCUT2D eigenvalue weighted by molar-refractivity contribution is -0.127. The molecule has 4 rings (SSSR count). The average molecular weight is 290 g/mol. The quantitative estimate of drug-likeness (QED) is 0.832. The molecule has 0 saturated carbocycles. The Bertz CT molecular complexity index is 709. The minimum Gasteiger partial charge on any atom is -0.298 e. The van der Waals surface area contributed by atoms with Gasteiger partial charge >= 0.3 is 0 Å². The molecule has 0 radical (unpaired) electrons. The molecular formula is C19H18N2O. The number of benzene rings is 2. The summed E-state index contributed by atoms with van der Waals surface area (Å²) in [6, 6.07) is 20.0. The standard InChI is InChI=1S/C19H18N2O/c22-19-18(15-9-5-2-6-10-15)20-17-12-11-16(13-21(17)19)14-7-3-1-4-8-14/h1-10,16,18H,11-13H2. The Morgan fingerprint density at radius 1 is 0.909 bits per heavy atom. The van der Waals surface area contributed by atoms with Gasteiger partial charge in [0, 0.05) is 18.9 Å². The predicted octanol–water partition coefficient (Wildman–Crippen LogP) is 3.55. The van der Waals surface area contributed by atoms with Crippen molar-refractivity contribution in [2.75, 3.05) is 6.54 Å². The van der Waals surface area contributed by atoms with Gasteiger partial charge < -0.3 is 0 Å². The van der Waals surface area contributed by atoms with Gasteiger partial charge in [-0.05, 0) is 17.5 Å². The number of fused-ring (bicyclic) bond motifs is 1. The molecule has 1 saturated heterocycles. The van der Waals surface area contributed by atoms with Gasteiger partial charge in [0.2, 0.25) is 0 Å². The third kappa shape index (κ3) is 2.23. The van der Waals surface area contributed by atoms with E-state index in [0.29, 0.717) is 5.92 Å². The third-order valence-electron chi connectivity index (χ3n) is 4.60. The highest BCUT2D eigenvalue weighted by Gasteiger charge is 2.39. The lowest BCUT2D eigenvalue weighted by Gasteiger charge is -2.30. The molecule has 3 nitrogen and oxygen atoms in total. The highest BCUT2D eigenvalue weighted by molar-refractivity contribution is 6.06. The normalized spacial score (nSPS) is 24.1.